The number of nitrogens with two attached hydrogens (primary N) is 1. The lowest BCUT2D eigenvalue weighted by Crippen LogP contribution is -2.21. The Morgan fingerprint density at radius 1 is 1.31 bits per heavy atom. The molecule has 2 N–H and O–H groups in total. The molecule has 0 spiro atoms. The third-order valence-electron chi connectivity index (χ3n) is 1.82. The molecule has 1 aromatic carbocycles. The van der Waals surface area contributed by atoms with Gasteiger partial charge in [0, 0.05) is 16.1 Å². The van der Waals surface area contributed by atoms with E-state index in [1.807, 2.05) is 0 Å². The number of alkyl halides is 3. The molecule has 0 bridgehead atoms. The summed E-state index contributed by atoms with van der Waals surface area (Å²) in [5, 5.41) is 0. The van der Waals surface area contributed by atoms with Gasteiger partial charge in [-0.15, -0.1) is 12.4 Å². The Morgan fingerprint density at radius 2 is 1.88 bits per heavy atom. The molecule has 1 aromatic rings. The van der Waals surface area contributed by atoms with Crippen LogP contribution in [0.3, 0.4) is 0 Å². The van der Waals surface area contributed by atoms with Crippen molar-refractivity contribution in [3.8, 4) is 0 Å². The third kappa shape index (κ3) is 4.27. The van der Waals surface area contributed by atoms with Crippen LogP contribution in [0.5, 0.6) is 0 Å². The quantitative estimate of drug-likeness (QED) is 0.819. The van der Waals surface area contributed by atoms with E-state index in [1.165, 1.54) is 12.1 Å². The van der Waals surface area contributed by atoms with Gasteiger partial charge in [-0.1, -0.05) is 22.0 Å². The summed E-state index contributed by atoms with van der Waals surface area (Å²) in [5.41, 5.74) is 5.15. The van der Waals surface area contributed by atoms with E-state index in [0.717, 1.165) is 6.07 Å². The minimum absolute atomic E-state index is 0. The molecule has 0 aliphatic rings. The Morgan fingerprint density at radius 3 is 2.31 bits per heavy atom. The molecule has 0 aliphatic heterocycles. The Bertz CT molecular complexity index is 336. The maximum Gasteiger partial charge on any atom is 0.390 e. The second-order valence-corrected chi connectivity index (χ2v) is 3.92. The number of hydrogen-bond acceptors (Lipinski definition) is 1. The third-order valence-corrected chi connectivity index (χ3v) is 2.51. The highest BCUT2D eigenvalue weighted by atomic mass is 79.9. The Kier molecular flexibility index (Phi) is 5.72. The molecule has 0 amide bonds. The summed E-state index contributed by atoms with van der Waals surface area (Å²) in [7, 11) is 0. The topological polar surface area (TPSA) is 26.0 Å². The number of hydrogen-bond donors (Lipinski definition) is 1. The van der Waals surface area contributed by atoms with Gasteiger partial charge in [0.05, 0.1) is 6.42 Å². The fraction of sp³-hybridized carbons (Fsp3) is 0.333. The lowest BCUT2D eigenvalue weighted by Gasteiger charge is -2.16. The van der Waals surface area contributed by atoms with E-state index in [-0.39, 0.29) is 22.4 Å². The van der Waals surface area contributed by atoms with Crippen LogP contribution in [0, 0.1) is 5.82 Å². The van der Waals surface area contributed by atoms with Crippen LogP contribution >= 0.6 is 28.3 Å². The van der Waals surface area contributed by atoms with E-state index in [2.05, 4.69) is 15.9 Å². The molecular weight excluding hydrogens is 313 g/mol. The Labute approximate surface area is 105 Å². The van der Waals surface area contributed by atoms with Gasteiger partial charge < -0.3 is 5.73 Å². The van der Waals surface area contributed by atoms with Crippen molar-refractivity contribution in [2.24, 2.45) is 5.73 Å². The van der Waals surface area contributed by atoms with Crippen LogP contribution in [0.25, 0.3) is 0 Å². The van der Waals surface area contributed by atoms with Crippen LogP contribution in [0.1, 0.15) is 18.0 Å². The minimum Gasteiger partial charge on any atom is -0.324 e. The van der Waals surface area contributed by atoms with Crippen LogP contribution in [-0.2, 0) is 0 Å². The van der Waals surface area contributed by atoms with E-state index in [0.29, 0.717) is 0 Å². The molecule has 1 nitrogen and oxygen atoms in total. The van der Waals surface area contributed by atoms with Gasteiger partial charge in [0.25, 0.3) is 0 Å². The maximum atomic E-state index is 13.2. The van der Waals surface area contributed by atoms with E-state index >= 15 is 0 Å². The number of halogens is 6. The van der Waals surface area contributed by atoms with E-state index in [9.17, 15) is 17.6 Å². The molecule has 0 saturated carbocycles. The largest absolute Gasteiger partial charge is 0.390 e. The molecule has 1 atom stereocenters. The fourth-order valence-electron chi connectivity index (χ4n) is 1.22. The minimum atomic E-state index is -4.40. The van der Waals surface area contributed by atoms with Crippen molar-refractivity contribution < 1.29 is 17.6 Å². The van der Waals surface area contributed by atoms with Gasteiger partial charge in [0.2, 0.25) is 0 Å². The number of benzene rings is 1. The van der Waals surface area contributed by atoms with Crippen molar-refractivity contribution in [1.29, 1.82) is 0 Å². The normalized spacial score (nSPS) is 13.1. The van der Waals surface area contributed by atoms with Gasteiger partial charge >= 0.3 is 6.18 Å². The van der Waals surface area contributed by atoms with Crippen LogP contribution in [0.4, 0.5) is 17.6 Å². The summed E-state index contributed by atoms with van der Waals surface area (Å²) >= 11 is 2.97. The smallest absolute Gasteiger partial charge is 0.324 e. The van der Waals surface area contributed by atoms with Crippen molar-refractivity contribution >= 4 is 28.3 Å². The van der Waals surface area contributed by atoms with Gasteiger partial charge in [-0.3, -0.25) is 0 Å². The molecule has 0 saturated heterocycles. The Hall–Kier alpha value is -0.330. The van der Waals surface area contributed by atoms with E-state index in [4.69, 9.17) is 5.73 Å². The van der Waals surface area contributed by atoms with Crippen molar-refractivity contribution in [2.45, 2.75) is 18.6 Å². The zero-order chi connectivity index (χ0) is 11.6. The van der Waals surface area contributed by atoms with Gasteiger partial charge in [0.1, 0.15) is 5.82 Å². The molecule has 0 unspecified atom stereocenters. The molecule has 16 heavy (non-hydrogen) atoms. The maximum absolute atomic E-state index is 13.2. The van der Waals surface area contributed by atoms with Crippen LogP contribution in [0.2, 0.25) is 0 Å². The molecule has 1 rings (SSSR count). The first-order valence-corrected chi connectivity index (χ1v) is 4.87. The molecule has 0 fully saturated rings. The van der Waals surface area contributed by atoms with Gasteiger partial charge in [-0.25, -0.2) is 4.39 Å². The van der Waals surface area contributed by atoms with Crippen LogP contribution in [0.15, 0.2) is 22.7 Å². The van der Waals surface area contributed by atoms with Crippen molar-refractivity contribution in [3.63, 3.8) is 0 Å². The highest BCUT2D eigenvalue weighted by molar-refractivity contribution is 9.10. The zero-order valence-corrected chi connectivity index (χ0v) is 10.3. The first kappa shape index (κ1) is 15.7. The lowest BCUT2D eigenvalue weighted by atomic mass is 10.0. The van der Waals surface area contributed by atoms with E-state index < -0.39 is 24.5 Å². The summed E-state index contributed by atoms with van der Waals surface area (Å²) in [4.78, 5) is 0. The molecule has 92 valence electrons. The molecule has 0 radical (unpaired) electrons. The summed E-state index contributed by atoms with van der Waals surface area (Å²) in [6, 6.07) is 2.54. The molecular formula is C9H9BrClF4N. The highest BCUT2D eigenvalue weighted by Gasteiger charge is 2.32. The second-order valence-electron chi connectivity index (χ2n) is 3.06. The van der Waals surface area contributed by atoms with Gasteiger partial charge in [-0.05, 0) is 12.1 Å². The Balaban J connectivity index is 0.00000225. The first-order valence-electron chi connectivity index (χ1n) is 4.07. The standard InChI is InChI=1S/C9H8BrF4N.ClH/c10-5-2-1-3-6(11)8(5)7(15)4-9(12,13)14;/h1-3,7H,4,15H2;1H/t7-;/m0./s1. The first-order chi connectivity index (χ1) is 6.81. The molecule has 0 aliphatic carbocycles. The van der Waals surface area contributed by atoms with Gasteiger partial charge in [-0.2, -0.15) is 13.2 Å². The van der Waals surface area contributed by atoms with Crippen molar-refractivity contribution in [3.05, 3.63) is 34.1 Å². The molecule has 7 heteroatoms. The second kappa shape index (κ2) is 5.84. The monoisotopic (exact) mass is 321 g/mol. The lowest BCUT2D eigenvalue weighted by molar-refractivity contribution is -0.138. The molecule has 0 aromatic heterocycles. The average molecular weight is 323 g/mol. The summed E-state index contributed by atoms with van der Waals surface area (Å²) < 4.78 is 49.6. The zero-order valence-electron chi connectivity index (χ0n) is 7.89. The predicted octanol–water partition coefficient (Wildman–Crippen LogP) is 3.96. The van der Waals surface area contributed by atoms with Gasteiger partial charge in [0.15, 0.2) is 0 Å². The molecule has 0 heterocycles. The van der Waals surface area contributed by atoms with Crippen LogP contribution in [-0.4, -0.2) is 6.18 Å². The summed E-state index contributed by atoms with van der Waals surface area (Å²) in [5.74, 6) is -0.735. The van der Waals surface area contributed by atoms with E-state index in [1.54, 1.807) is 0 Å². The average Bonchev–Trinajstić information content (AvgIpc) is 1.99. The number of rotatable bonds is 2. The fourth-order valence-corrected chi connectivity index (χ4v) is 1.85. The highest BCUT2D eigenvalue weighted by Crippen LogP contribution is 2.32. The predicted molar refractivity (Wildman–Crippen MR) is 58.9 cm³/mol. The SMILES string of the molecule is Cl.N[C@@H](CC(F)(F)F)c1c(F)cccc1Br. The summed E-state index contributed by atoms with van der Waals surface area (Å²) in [6.45, 7) is 0. The van der Waals surface area contributed by atoms with Crippen molar-refractivity contribution in [1.82, 2.24) is 0 Å². The summed E-state index contributed by atoms with van der Waals surface area (Å²) in [6.07, 6.45) is -5.65. The van der Waals surface area contributed by atoms with Crippen molar-refractivity contribution in [2.75, 3.05) is 0 Å². The van der Waals surface area contributed by atoms with Crippen LogP contribution < -0.4 is 5.73 Å².